The van der Waals surface area contributed by atoms with Crippen LogP contribution >= 0.6 is 11.9 Å². The molecular formula is C27H32F7N3O4S. The van der Waals surface area contributed by atoms with Crippen LogP contribution in [0.5, 0.6) is 11.6 Å². The highest BCUT2D eigenvalue weighted by Crippen LogP contribution is 2.47. The Balaban J connectivity index is 0.000000892. The zero-order chi connectivity index (χ0) is 31.2. The molecule has 1 fully saturated rings. The van der Waals surface area contributed by atoms with Crippen molar-refractivity contribution in [3.63, 3.8) is 0 Å². The number of rotatable bonds is 7. The third-order valence-corrected chi connectivity index (χ3v) is 7.79. The average molecular weight is 628 g/mol. The molecule has 1 saturated carbocycles. The van der Waals surface area contributed by atoms with Crippen molar-refractivity contribution in [1.29, 1.82) is 0 Å². The predicted octanol–water partition coefficient (Wildman–Crippen LogP) is 7.38. The normalized spacial score (nSPS) is 17.6. The minimum atomic E-state index is -4.77. The van der Waals surface area contributed by atoms with E-state index in [0.29, 0.717) is 23.7 Å². The van der Waals surface area contributed by atoms with Crippen LogP contribution in [-0.4, -0.2) is 66.0 Å². The topological polar surface area (TPSA) is 75.1 Å². The Hall–Kier alpha value is -2.94. The number of likely N-dealkylation sites (N-methyl/N-ethyl adjacent to an activating group) is 1. The summed E-state index contributed by atoms with van der Waals surface area (Å²) >= 11 is 1.24. The van der Waals surface area contributed by atoms with Gasteiger partial charge in [-0.25, -0.2) is 31.6 Å². The van der Waals surface area contributed by atoms with E-state index < -0.39 is 48.1 Å². The van der Waals surface area contributed by atoms with Gasteiger partial charge in [-0.2, -0.15) is 13.2 Å². The molecule has 0 spiro atoms. The van der Waals surface area contributed by atoms with Gasteiger partial charge in [0.05, 0.1) is 23.3 Å². The van der Waals surface area contributed by atoms with Crippen molar-refractivity contribution in [2.75, 3.05) is 32.1 Å². The third kappa shape index (κ3) is 8.79. The summed E-state index contributed by atoms with van der Waals surface area (Å²) in [6.07, 6.45) is -7.16. The van der Waals surface area contributed by atoms with Gasteiger partial charge in [0.25, 0.3) is 0 Å². The van der Waals surface area contributed by atoms with Gasteiger partial charge in [-0.1, -0.05) is 6.92 Å². The zero-order valence-electron chi connectivity index (χ0n) is 23.2. The van der Waals surface area contributed by atoms with Crippen molar-refractivity contribution in [1.82, 2.24) is 9.29 Å². The summed E-state index contributed by atoms with van der Waals surface area (Å²) in [4.78, 5) is 17.7. The van der Waals surface area contributed by atoms with E-state index in [1.54, 1.807) is 11.9 Å². The fourth-order valence-electron chi connectivity index (χ4n) is 4.53. The molecule has 42 heavy (non-hydrogen) atoms. The van der Waals surface area contributed by atoms with Gasteiger partial charge in [-0.3, -0.25) is 0 Å². The number of carbonyl (C=O) groups is 1. The van der Waals surface area contributed by atoms with Crippen LogP contribution in [0.2, 0.25) is 0 Å². The Morgan fingerprint density at radius 2 is 1.83 bits per heavy atom. The molecule has 234 valence electrons. The summed E-state index contributed by atoms with van der Waals surface area (Å²) < 4.78 is 104. The maximum absolute atomic E-state index is 14.2. The van der Waals surface area contributed by atoms with Crippen molar-refractivity contribution in [3.8, 4) is 11.6 Å². The van der Waals surface area contributed by atoms with Gasteiger partial charge in [0.2, 0.25) is 18.2 Å². The Morgan fingerprint density at radius 3 is 2.38 bits per heavy atom. The lowest BCUT2D eigenvalue weighted by molar-refractivity contribution is -0.139. The standard InChI is InChI=1S/C24H26F5N3O4S.C3H6F2/c1-31-9-10-32(15-5-7-23(25,26)8-6-15)17-11-16(24(27,28)29)18(12-19(17)37-31)36-13-14-3-4-20(35-2)30-21(14)22(33)34;1-2-3(4)5/h3-4,11-12,15H,5-10,13H2,1-2H3,(H,33,34);3H,2H2,1H3. The van der Waals surface area contributed by atoms with Crippen LogP contribution in [0.1, 0.15) is 60.6 Å². The fourth-order valence-corrected chi connectivity index (χ4v) is 5.47. The third-order valence-electron chi connectivity index (χ3n) is 6.77. The zero-order valence-corrected chi connectivity index (χ0v) is 24.0. The number of halogens is 7. The molecule has 1 aromatic heterocycles. The Kier molecular flexibility index (Phi) is 11.2. The highest BCUT2D eigenvalue weighted by atomic mass is 32.2. The molecule has 4 rings (SSSR count). The second kappa shape index (κ2) is 14.0. The van der Waals surface area contributed by atoms with Crippen LogP contribution in [0.15, 0.2) is 29.2 Å². The summed E-state index contributed by atoms with van der Waals surface area (Å²) in [5.41, 5.74) is -1.02. The lowest BCUT2D eigenvalue weighted by Crippen LogP contribution is -2.43. The molecule has 0 saturated heterocycles. The first-order valence-corrected chi connectivity index (χ1v) is 13.9. The number of methoxy groups -OCH3 is 1. The maximum Gasteiger partial charge on any atom is 0.420 e. The Labute approximate surface area is 243 Å². The molecule has 2 aromatic rings. The first kappa shape index (κ1) is 33.6. The fraction of sp³-hybridized carbons (Fsp3) is 0.556. The van der Waals surface area contributed by atoms with Gasteiger partial charge >= 0.3 is 12.1 Å². The molecule has 0 bridgehead atoms. The van der Waals surface area contributed by atoms with E-state index in [9.17, 15) is 40.6 Å². The number of carboxylic acids is 1. The minimum Gasteiger partial charge on any atom is -0.488 e. The van der Waals surface area contributed by atoms with Crippen molar-refractivity contribution in [2.45, 2.75) is 75.1 Å². The molecule has 0 atom stereocenters. The molecule has 1 aliphatic heterocycles. The molecule has 0 radical (unpaired) electrons. The SMILES string of the molecule is CCC(F)F.COc1ccc(COc2cc3c(cc2C(F)(F)F)N(C2CCC(F)(F)CC2)CCN(C)S3)c(C(=O)O)n1. The molecular weight excluding hydrogens is 595 g/mol. The van der Waals surface area contributed by atoms with Crippen LogP contribution < -0.4 is 14.4 Å². The van der Waals surface area contributed by atoms with Gasteiger partial charge < -0.3 is 19.5 Å². The van der Waals surface area contributed by atoms with Crippen LogP contribution in [0.3, 0.4) is 0 Å². The number of aromatic carboxylic acids is 1. The van der Waals surface area contributed by atoms with Crippen LogP contribution in [0.25, 0.3) is 0 Å². The Bertz CT molecular complexity index is 1220. The lowest BCUT2D eigenvalue weighted by atomic mass is 9.90. The number of fused-ring (bicyclic) bond motifs is 1. The van der Waals surface area contributed by atoms with E-state index in [0.717, 1.165) is 6.07 Å². The number of pyridine rings is 1. The van der Waals surface area contributed by atoms with E-state index >= 15 is 0 Å². The van der Waals surface area contributed by atoms with Gasteiger partial charge in [0.1, 0.15) is 12.4 Å². The smallest absolute Gasteiger partial charge is 0.420 e. The largest absolute Gasteiger partial charge is 0.488 e. The quantitative estimate of drug-likeness (QED) is 0.252. The molecule has 2 heterocycles. The van der Waals surface area contributed by atoms with Crippen molar-refractivity contribution < 1.29 is 50.1 Å². The van der Waals surface area contributed by atoms with Gasteiger partial charge in [0.15, 0.2) is 5.69 Å². The number of alkyl halides is 7. The van der Waals surface area contributed by atoms with E-state index in [1.165, 1.54) is 44.2 Å². The highest BCUT2D eigenvalue weighted by molar-refractivity contribution is 7.97. The van der Waals surface area contributed by atoms with Crippen LogP contribution in [0.4, 0.5) is 36.4 Å². The summed E-state index contributed by atoms with van der Waals surface area (Å²) in [5.74, 6) is -4.55. The lowest BCUT2D eigenvalue weighted by Gasteiger charge is -2.38. The van der Waals surface area contributed by atoms with E-state index in [-0.39, 0.29) is 49.6 Å². The number of hydrogen-bond acceptors (Lipinski definition) is 7. The second-order valence-electron chi connectivity index (χ2n) is 9.79. The minimum absolute atomic E-state index is 0.0278. The van der Waals surface area contributed by atoms with Crippen LogP contribution in [-0.2, 0) is 12.8 Å². The van der Waals surface area contributed by atoms with E-state index in [2.05, 4.69) is 4.98 Å². The van der Waals surface area contributed by atoms with Gasteiger partial charge in [-0.15, -0.1) is 0 Å². The average Bonchev–Trinajstić information content (AvgIpc) is 3.08. The molecule has 1 aromatic carbocycles. The highest BCUT2D eigenvalue weighted by Gasteiger charge is 2.40. The maximum atomic E-state index is 14.2. The predicted molar refractivity (Wildman–Crippen MR) is 143 cm³/mol. The number of nitrogens with zero attached hydrogens (tertiary/aromatic N) is 3. The summed E-state index contributed by atoms with van der Waals surface area (Å²) in [6, 6.07) is 4.75. The van der Waals surface area contributed by atoms with Gasteiger partial charge in [0, 0.05) is 50.0 Å². The number of hydrogen-bond donors (Lipinski definition) is 1. The number of aromatic nitrogens is 1. The van der Waals surface area contributed by atoms with E-state index in [4.69, 9.17) is 9.47 Å². The number of ether oxygens (including phenoxy) is 2. The molecule has 7 nitrogen and oxygen atoms in total. The van der Waals surface area contributed by atoms with Crippen LogP contribution in [0, 0.1) is 0 Å². The van der Waals surface area contributed by atoms with E-state index in [1.807, 2.05) is 4.31 Å². The first-order valence-electron chi connectivity index (χ1n) is 13.1. The van der Waals surface area contributed by atoms with Gasteiger partial charge in [-0.05, 0) is 50.0 Å². The molecule has 15 heteroatoms. The molecule has 1 N–H and O–H groups in total. The Morgan fingerprint density at radius 1 is 1.19 bits per heavy atom. The monoisotopic (exact) mass is 627 g/mol. The first-order chi connectivity index (χ1) is 19.6. The molecule has 0 amide bonds. The molecule has 2 aliphatic rings. The number of benzene rings is 1. The second-order valence-corrected chi connectivity index (χ2v) is 11.0. The molecule has 1 aliphatic carbocycles. The van der Waals surface area contributed by atoms with Crippen molar-refractivity contribution >= 4 is 23.6 Å². The summed E-state index contributed by atoms with van der Waals surface area (Å²) in [6.45, 7) is 1.89. The van der Waals surface area contributed by atoms with Crippen molar-refractivity contribution in [3.05, 3.63) is 41.1 Å². The number of anilines is 1. The summed E-state index contributed by atoms with van der Waals surface area (Å²) in [5, 5.41) is 9.46. The van der Waals surface area contributed by atoms with Crippen molar-refractivity contribution in [2.24, 2.45) is 0 Å². The summed E-state index contributed by atoms with van der Waals surface area (Å²) in [7, 11) is 3.11. The number of carboxylic acid groups (broad SMARTS) is 1. The molecule has 0 unspecified atom stereocenters.